The van der Waals surface area contributed by atoms with Gasteiger partial charge in [-0.2, -0.15) is 0 Å². The first-order valence-electron chi connectivity index (χ1n) is 4.38. The predicted molar refractivity (Wildman–Crippen MR) is 46.4 cm³/mol. The normalized spacial score (nSPS) is 22.0. The minimum absolute atomic E-state index is 0.0550. The number of amides is 2. The minimum atomic E-state index is -0.303. The molecule has 1 aliphatic rings. The molecular formula is C8H14N2O3. The topological polar surface area (TPSA) is 67.4 Å². The van der Waals surface area contributed by atoms with Crippen LogP contribution in [0.4, 0.5) is 4.79 Å². The number of nitrogens with one attached hydrogen (secondary N) is 2. The van der Waals surface area contributed by atoms with Gasteiger partial charge in [-0.15, -0.1) is 0 Å². The van der Waals surface area contributed by atoms with E-state index in [2.05, 4.69) is 10.6 Å². The Morgan fingerprint density at radius 3 is 3.08 bits per heavy atom. The lowest BCUT2D eigenvalue weighted by Crippen LogP contribution is -2.46. The quantitative estimate of drug-likeness (QED) is 0.593. The number of hydrogen-bond acceptors (Lipinski definition) is 3. The van der Waals surface area contributed by atoms with Gasteiger partial charge in [0.1, 0.15) is 6.29 Å². The summed E-state index contributed by atoms with van der Waals surface area (Å²) in [6, 6.07) is -0.219. The molecule has 0 bridgehead atoms. The van der Waals surface area contributed by atoms with Crippen molar-refractivity contribution < 1.29 is 14.3 Å². The molecule has 1 unspecified atom stereocenters. The van der Waals surface area contributed by atoms with Crippen LogP contribution in [0.25, 0.3) is 0 Å². The number of rotatable bonds is 3. The minimum Gasteiger partial charge on any atom is -0.379 e. The maximum Gasteiger partial charge on any atom is 0.315 e. The molecule has 1 heterocycles. The van der Waals surface area contributed by atoms with E-state index in [0.717, 1.165) is 19.4 Å². The highest BCUT2D eigenvalue weighted by Crippen LogP contribution is 2.04. The van der Waals surface area contributed by atoms with Crippen LogP contribution in [0, 0.1) is 0 Å². The lowest BCUT2D eigenvalue weighted by Gasteiger charge is -2.22. The Morgan fingerprint density at radius 2 is 2.46 bits per heavy atom. The Kier molecular flexibility index (Phi) is 4.25. The van der Waals surface area contributed by atoms with Gasteiger partial charge < -0.3 is 20.2 Å². The molecule has 0 spiro atoms. The van der Waals surface area contributed by atoms with Gasteiger partial charge in [-0.3, -0.25) is 0 Å². The van der Waals surface area contributed by atoms with E-state index in [4.69, 9.17) is 4.74 Å². The molecule has 0 radical (unpaired) electrons. The Morgan fingerprint density at radius 1 is 1.62 bits per heavy atom. The smallest absolute Gasteiger partial charge is 0.315 e. The highest BCUT2D eigenvalue weighted by molar-refractivity contribution is 5.76. The predicted octanol–water partition coefficient (Wildman–Crippen LogP) is -0.336. The van der Waals surface area contributed by atoms with Crippen LogP contribution < -0.4 is 10.6 Å². The van der Waals surface area contributed by atoms with E-state index in [1.165, 1.54) is 0 Å². The zero-order chi connectivity index (χ0) is 9.52. The highest BCUT2D eigenvalue weighted by Gasteiger charge is 2.15. The van der Waals surface area contributed by atoms with Crippen molar-refractivity contribution >= 4 is 12.3 Å². The van der Waals surface area contributed by atoms with Crippen molar-refractivity contribution in [1.82, 2.24) is 10.6 Å². The molecule has 74 valence electrons. The summed E-state index contributed by atoms with van der Waals surface area (Å²) in [4.78, 5) is 21.0. The van der Waals surface area contributed by atoms with E-state index < -0.39 is 0 Å². The van der Waals surface area contributed by atoms with Gasteiger partial charge in [-0.25, -0.2) is 4.79 Å². The van der Waals surface area contributed by atoms with Crippen LogP contribution in [0.1, 0.15) is 12.8 Å². The number of ether oxygens (including phenoxy) is 1. The first kappa shape index (κ1) is 9.98. The number of carbonyl (C=O) groups excluding carboxylic acids is 2. The third kappa shape index (κ3) is 3.89. The number of carbonyl (C=O) groups is 2. The van der Waals surface area contributed by atoms with Crippen LogP contribution in [0.3, 0.4) is 0 Å². The van der Waals surface area contributed by atoms with E-state index >= 15 is 0 Å². The molecule has 1 rings (SSSR count). The first-order valence-corrected chi connectivity index (χ1v) is 4.38. The summed E-state index contributed by atoms with van der Waals surface area (Å²) in [6.07, 6.45) is 2.56. The molecule has 2 amide bonds. The molecule has 0 aromatic heterocycles. The Hall–Kier alpha value is -1.10. The molecule has 1 aliphatic heterocycles. The summed E-state index contributed by atoms with van der Waals surface area (Å²) in [5, 5.41) is 5.13. The zero-order valence-electron chi connectivity index (χ0n) is 7.41. The van der Waals surface area contributed by atoms with Gasteiger partial charge in [0.15, 0.2) is 0 Å². The first-order chi connectivity index (χ1) is 6.33. The lowest BCUT2D eigenvalue weighted by atomic mass is 10.1. The standard InChI is InChI=1S/C8H14N2O3/c11-4-3-9-8(12)10-7-2-1-5-13-6-7/h4,7H,1-3,5-6H2,(H2,9,10,12). The van der Waals surface area contributed by atoms with Crippen molar-refractivity contribution in [2.75, 3.05) is 19.8 Å². The van der Waals surface area contributed by atoms with Crippen LogP contribution in [-0.4, -0.2) is 38.1 Å². The monoisotopic (exact) mass is 186 g/mol. The molecule has 2 N–H and O–H groups in total. The van der Waals surface area contributed by atoms with Gasteiger partial charge in [-0.05, 0) is 12.8 Å². The Balaban J connectivity index is 2.14. The number of urea groups is 1. The summed E-state index contributed by atoms with van der Waals surface area (Å²) in [5.41, 5.74) is 0. The molecular weight excluding hydrogens is 172 g/mol. The maximum atomic E-state index is 11.0. The van der Waals surface area contributed by atoms with Crippen LogP contribution in [-0.2, 0) is 9.53 Å². The molecule has 0 aliphatic carbocycles. The Bertz CT molecular complexity index is 178. The second-order valence-corrected chi connectivity index (χ2v) is 2.94. The van der Waals surface area contributed by atoms with Crippen molar-refractivity contribution in [3.8, 4) is 0 Å². The summed E-state index contributed by atoms with van der Waals surface area (Å²) in [5.74, 6) is 0. The SMILES string of the molecule is O=CCNC(=O)NC1CCCOC1. The van der Waals surface area contributed by atoms with Gasteiger partial charge in [0.2, 0.25) is 0 Å². The molecule has 1 atom stereocenters. The number of hydrogen-bond donors (Lipinski definition) is 2. The molecule has 0 aromatic rings. The molecule has 13 heavy (non-hydrogen) atoms. The van der Waals surface area contributed by atoms with E-state index in [1.54, 1.807) is 0 Å². The van der Waals surface area contributed by atoms with E-state index in [-0.39, 0.29) is 18.6 Å². The third-order valence-electron chi connectivity index (χ3n) is 1.84. The van der Waals surface area contributed by atoms with Gasteiger partial charge in [0.25, 0.3) is 0 Å². The number of aldehydes is 1. The van der Waals surface area contributed by atoms with Crippen LogP contribution in [0.15, 0.2) is 0 Å². The van der Waals surface area contributed by atoms with E-state index in [0.29, 0.717) is 12.9 Å². The molecule has 1 fully saturated rings. The molecule has 5 nitrogen and oxygen atoms in total. The summed E-state index contributed by atoms with van der Waals surface area (Å²) < 4.78 is 5.18. The van der Waals surface area contributed by atoms with Crippen molar-refractivity contribution in [3.63, 3.8) is 0 Å². The molecule has 5 heteroatoms. The highest BCUT2D eigenvalue weighted by atomic mass is 16.5. The van der Waals surface area contributed by atoms with Crippen molar-refractivity contribution in [3.05, 3.63) is 0 Å². The van der Waals surface area contributed by atoms with Gasteiger partial charge in [0, 0.05) is 6.61 Å². The van der Waals surface area contributed by atoms with E-state index in [1.807, 2.05) is 0 Å². The summed E-state index contributed by atoms with van der Waals surface area (Å²) in [7, 11) is 0. The van der Waals surface area contributed by atoms with Crippen molar-refractivity contribution in [2.45, 2.75) is 18.9 Å². The fraction of sp³-hybridized carbons (Fsp3) is 0.750. The second-order valence-electron chi connectivity index (χ2n) is 2.94. The molecule has 1 saturated heterocycles. The largest absolute Gasteiger partial charge is 0.379 e. The average molecular weight is 186 g/mol. The lowest BCUT2D eigenvalue weighted by molar-refractivity contribution is -0.107. The summed E-state index contributed by atoms with van der Waals surface area (Å²) in [6.45, 7) is 1.39. The van der Waals surface area contributed by atoms with Crippen LogP contribution >= 0.6 is 0 Å². The fourth-order valence-electron chi connectivity index (χ4n) is 1.23. The third-order valence-corrected chi connectivity index (χ3v) is 1.84. The fourth-order valence-corrected chi connectivity index (χ4v) is 1.23. The Labute approximate surface area is 76.8 Å². The van der Waals surface area contributed by atoms with Crippen molar-refractivity contribution in [2.24, 2.45) is 0 Å². The van der Waals surface area contributed by atoms with Gasteiger partial charge in [-0.1, -0.05) is 0 Å². The van der Waals surface area contributed by atoms with Gasteiger partial charge >= 0.3 is 6.03 Å². The molecule has 0 aromatic carbocycles. The van der Waals surface area contributed by atoms with E-state index in [9.17, 15) is 9.59 Å². The zero-order valence-corrected chi connectivity index (χ0v) is 7.41. The second kappa shape index (κ2) is 5.53. The summed E-state index contributed by atoms with van der Waals surface area (Å²) >= 11 is 0. The average Bonchev–Trinajstić information content (AvgIpc) is 2.16. The van der Waals surface area contributed by atoms with Gasteiger partial charge in [0.05, 0.1) is 19.2 Å². The van der Waals surface area contributed by atoms with Crippen molar-refractivity contribution in [1.29, 1.82) is 0 Å². The molecule has 0 saturated carbocycles. The van der Waals surface area contributed by atoms with Crippen LogP contribution in [0.2, 0.25) is 0 Å². The van der Waals surface area contributed by atoms with Crippen LogP contribution in [0.5, 0.6) is 0 Å². The maximum absolute atomic E-state index is 11.0.